The van der Waals surface area contributed by atoms with Crippen molar-refractivity contribution < 1.29 is 4.74 Å². The van der Waals surface area contributed by atoms with Gasteiger partial charge in [-0.1, -0.05) is 6.92 Å². The summed E-state index contributed by atoms with van der Waals surface area (Å²) in [6.45, 7) is 6.08. The Kier molecular flexibility index (Phi) is 4.91. The van der Waals surface area contributed by atoms with Crippen molar-refractivity contribution in [3.63, 3.8) is 0 Å². The molecule has 1 unspecified atom stereocenters. The van der Waals surface area contributed by atoms with Crippen LogP contribution in [0.2, 0.25) is 0 Å². The second kappa shape index (κ2) is 7.07. The van der Waals surface area contributed by atoms with Crippen LogP contribution in [0, 0.1) is 5.92 Å². The molecule has 21 heavy (non-hydrogen) atoms. The summed E-state index contributed by atoms with van der Waals surface area (Å²) in [4.78, 5) is 11.4. The van der Waals surface area contributed by atoms with E-state index < -0.39 is 0 Å². The number of nitrogens with one attached hydrogen (secondary N) is 1. The Morgan fingerprint density at radius 2 is 2.19 bits per heavy atom. The van der Waals surface area contributed by atoms with Gasteiger partial charge < -0.3 is 15.0 Å². The van der Waals surface area contributed by atoms with Gasteiger partial charge >= 0.3 is 0 Å². The van der Waals surface area contributed by atoms with Gasteiger partial charge in [-0.05, 0) is 44.6 Å². The molecule has 2 heterocycles. The summed E-state index contributed by atoms with van der Waals surface area (Å²) >= 11 is 0. The molecule has 116 valence electrons. The van der Waals surface area contributed by atoms with Crippen molar-refractivity contribution in [2.45, 2.75) is 45.1 Å². The van der Waals surface area contributed by atoms with Crippen molar-refractivity contribution in [3.05, 3.63) is 12.4 Å². The van der Waals surface area contributed by atoms with Crippen LogP contribution in [0.15, 0.2) is 12.4 Å². The number of hydrogen-bond donors (Lipinski definition) is 1. The predicted molar refractivity (Wildman–Crippen MR) is 83.8 cm³/mol. The topological polar surface area (TPSA) is 50.3 Å². The van der Waals surface area contributed by atoms with E-state index in [9.17, 15) is 0 Å². The Balaban J connectivity index is 1.67. The van der Waals surface area contributed by atoms with Gasteiger partial charge in [-0.2, -0.15) is 4.98 Å². The van der Waals surface area contributed by atoms with Crippen LogP contribution in [0.5, 0.6) is 5.88 Å². The first kappa shape index (κ1) is 14.6. The minimum Gasteiger partial charge on any atom is -0.477 e. The van der Waals surface area contributed by atoms with Crippen LogP contribution >= 0.6 is 0 Å². The molecular weight excluding hydrogens is 264 g/mol. The van der Waals surface area contributed by atoms with Gasteiger partial charge in [0.15, 0.2) is 5.82 Å². The van der Waals surface area contributed by atoms with E-state index in [2.05, 4.69) is 27.1 Å². The van der Waals surface area contributed by atoms with Crippen LogP contribution in [0.4, 0.5) is 5.82 Å². The maximum absolute atomic E-state index is 5.62. The number of hydrogen-bond acceptors (Lipinski definition) is 5. The molecule has 0 amide bonds. The average molecular weight is 290 g/mol. The van der Waals surface area contributed by atoms with Gasteiger partial charge in [-0.3, -0.25) is 4.98 Å². The van der Waals surface area contributed by atoms with Crippen molar-refractivity contribution in [1.29, 1.82) is 0 Å². The summed E-state index contributed by atoms with van der Waals surface area (Å²) < 4.78 is 5.62. The van der Waals surface area contributed by atoms with Crippen LogP contribution in [-0.4, -0.2) is 42.3 Å². The van der Waals surface area contributed by atoms with Crippen molar-refractivity contribution in [3.8, 4) is 5.88 Å². The number of anilines is 1. The molecule has 5 heteroatoms. The third-order valence-corrected chi connectivity index (χ3v) is 4.16. The summed E-state index contributed by atoms with van der Waals surface area (Å²) in [7, 11) is 0. The van der Waals surface area contributed by atoms with Gasteiger partial charge in [-0.15, -0.1) is 0 Å². The minimum atomic E-state index is 0.589. The van der Waals surface area contributed by atoms with E-state index in [1.807, 2.05) is 6.20 Å². The van der Waals surface area contributed by atoms with Crippen LogP contribution in [0.25, 0.3) is 0 Å². The molecule has 2 fully saturated rings. The Morgan fingerprint density at radius 3 is 2.90 bits per heavy atom. The highest BCUT2D eigenvalue weighted by molar-refractivity contribution is 5.38. The molecular formula is C16H26N4O. The summed E-state index contributed by atoms with van der Waals surface area (Å²) in [5.74, 6) is 2.45. The fourth-order valence-corrected chi connectivity index (χ4v) is 2.82. The lowest BCUT2D eigenvalue weighted by Gasteiger charge is -2.26. The molecule has 0 spiro atoms. The Hall–Kier alpha value is -1.36. The maximum Gasteiger partial charge on any atom is 0.234 e. The third kappa shape index (κ3) is 4.30. The fourth-order valence-electron chi connectivity index (χ4n) is 2.82. The van der Waals surface area contributed by atoms with Gasteiger partial charge in [0, 0.05) is 19.1 Å². The molecule has 0 radical (unpaired) electrons. The second-order valence-electron chi connectivity index (χ2n) is 6.21. The summed E-state index contributed by atoms with van der Waals surface area (Å²) in [5.41, 5.74) is 0. The molecule has 1 N–H and O–H groups in total. The molecule has 1 aromatic rings. The zero-order chi connectivity index (χ0) is 14.5. The van der Waals surface area contributed by atoms with Gasteiger partial charge in [0.05, 0.1) is 19.0 Å². The van der Waals surface area contributed by atoms with E-state index in [0.29, 0.717) is 18.5 Å². The first-order valence-corrected chi connectivity index (χ1v) is 8.28. The highest BCUT2D eigenvalue weighted by Gasteiger charge is 2.27. The van der Waals surface area contributed by atoms with E-state index in [0.717, 1.165) is 37.8 Å². The Morgan fingerprint density at radius 1 is 1.29 bits per heavy atom. The normalized spacial score (nSPS) is 21.5. The van der Waals surface area contributed by atoms with E-state index in [4.69, 9.17) is 4.74 Å². The van der Waals surface area contributed by atoms with Crippen molar-refractivity contribution in [2.75, 3.05) is 31.1 Å². The van der Waals surface area contributed by atoms with Gasteiger partial charge in [0.25, 0.3) is 0 Å². The van der Waals surface area contributed by atoms with Crippen molar-refractivity contribution in [1.82, 2.24) is 15.3 Å². The predicted octanol–water partition coefficient (Wildman–Crippen LogP) is 2.23. The highest BCUT2D eigenvalue weighted by Crippen LogP contribution is 2.31. The van der Waals surface area contributed by atoms with Crippen LogP contribution < -0.4 is 15.0 Å². The molecule has 1 aromatic heterocycles. The zero-order valence-electron chi connectivity index (χ0n) is 12.9. The van der Waals surface area contributed by atoms with E-state index in [1.165, 1.54) is 25.7 Å². The SMILES string of the molecule is CCCOc1cncc(N(CC2CC2)CC2CCCN2)n1. The van der Waals surface area contributed by atoms with E-state index in [1.54, 1.807) is 6.20 Å². The first-order chi connectivity index (χ1) is 10.3. The van der Waals surface area contributed by atoms with Crippen LogP contribution in [0.3, 0.4) is 0 Å². The molecule has 5 nitrogen and oxygen atoms in total. The Labute approximate surface area is 127 Å². The average Bonchev–Trinajstić information content (AvgIpc) is 3.18. The number of ether oxygens (including phenoxy) is 1. The molecule has 2 aliphatic rings. The van der Waals surface area contributed by atoms with Crippen LogP contribution in [0.1, 0.15) is 39.0 Å². The summed E-state index contributed by atoms with van der Waals surface area (Å²) in [6.07, 6.45) is 9.83. The first-order valence-electron chi connectivity index (χ1n) is 8.28. The summed E-state index contributed by atoms with van der Waals surface area (Å²) in [5, 5.41) is 3.58. The lowest BCUT2D eigenvalue weighted by molar-refractivity contribution is 0.304. The second-order valence-corrected chi connectivity index (χ2v) is 6.21. The quantitative estimate of drug-likeness (QED) is 0.795. The molecule has 3 rings (SSSR count). The molecule has 0 aromatic carbocycles. The molecule has 1 saturated carbocycles. The largest absolute Gasteiger partial charge is 0.477 e. The van der Waals surface area contributed by atoms with Gasteiger partial charge in [0.2, 0.25) is 5.88 Å². The maximum atomic E-state index is 5.62. The molecule has 1 aliphatic carbocycles. The highest BCUT2D eigenvalue weighted by atomic mass is 16.5. The summed E-state index contributed by atoms with van der Waals surface area (Å²) in [6, 6.07) is 0.589. The van der Waals surface area contributed by atoms with Gasteiger partial charge in [0.1, 0.15) is 0 Å². The lowest BCUT2D eigenvalue weighted by Crippen LogP contribution is -2.39. The Bertz CT molecular complexity index is 444. The van der Waals surface area contributed by atoms with Crippen LogP contribution in [-0.2, 0) is 0 Å². The van der Waals surface area contributed by atoms with Gasteiger partial charge in [-0.25, -0.2) is 0 Å². The van der Waals surface area contributed by atoms with E-state index >= 15 is 0 Å². The van der Waals surface area contributed by atoms with E-state index in [-0.39, 0.29) is 0 Å². The lowest BCUT2D eigenvalue weighted by atomic mass is 10.2. The fraction of sp³-hybridized carbons (Fsp3) is 0.750. The van der Waals surface area contributed by atoms with Crippen molar-refractivity contribution >= 4 is 5.82 Å². The smallest absolute Gasteiger partial charge is 0.234 e. The van der Waals surface area contributed by atoms with Crippen molar-refractivity contribution in [2.24, 2.45) is 5.92 Å². The third-order valence-electron chi connectivity index (χ3n) is 4.16. The molecule has 0 bridgehead atoms. The molecule has 1 saturated heterocycles. The molecule has 1 atom stereocenters. The standard InChI is InChI=1S/C16H26N4O/c1-2-8-21-16-10-17-9-15(19-16)20(11-13-5-6-13)12-14-4-3-7-18-14/h9-10,13-14,18H,2-8,11-12H2,1H3. The number of aromatic nitrogens is 2. The zero-order valence-corrected chi connectivity index (χ0v) is 12.9. The number of rotatable bonds is 8. The number of nitrogens with zero attached hydrogens (tertiary/aromatic N) is 3. The monoisotopic (exact) mass is 290 g/mol. The molecule has 1 aliphatic heterocycles. The minimum absolute atomic E-state index is 0.589.